The van der Waals surface area contributed by atoms with Gasteiger partial charge in [-0.05, 0) is 62.9 Å². The van der Waals surface area contributed by atoms with Crippen molar-refractivity contribution < 1.29 is 32.2 Å². The smallest absolute Gasteiger partial charge is 0.350 e. The van der Waals surface area contributed by atoms with Crippen LogP contribution in [0.5, 0.6) is 5.75 Å². The number of fused-ring (bicyclic) bond motifs is 1. The summed E-state index contributed by atoms with van der Waals surface area (Å²) in [5.74, 6) is -0.341. The maximum Gasteiger partial charge on any atom is 0.350 e. The third-order valence-electron chi connectivity index (χ3n) is 5.55. The first-order valence-corrected chi connectivity index (χ1v) is 13.4. The Balaban J connectivity index is 1.65. The van der Waals surface area contributed by atoms with Crippen LogP contribution < -0.4 is 9.64 Å². The van der Waals surface area contributed by atoms with Crippen LogP contribution in [0, 0.1) is 0 Å². The maximum absolute atomic E-state index is 13.3. The van der Waals surface area contributed by atoms with Crippen LogP contribution in [0.15, 0.2) is 94.6 Å². The molecule has 0 saturated heterocycles. The molecule has 0 N–H and O–H groups in total. The summed E-state index contributed by atoms with van der Waals surface area (Å²) in [5.41, 5.74) is 1.18. The molecule has 2 aromatic carbocycles. The largest absolute Gasteiger partial charge is 0.462 e. The number of nitrogens with zero attached hydrogens (tertiary/aromatic N) is 1. The first-order chi connectivity index (χ1) is 17.7. The average Bonchev–Trinajstić information content (AvgIpc) is 3.21. The highest BCUT2D eigenvalue weighted by molar-refractivity contribution is 7.96. The summed E-state index contributed by atoms with van der Waals surface area (Å²) in [6.45, 7) is 5.47. The van der Waals surface area contributed by atoms with Crippen molar-refractivity contribution in [3.8, 4) is 5.75 Å². The van der Waals surface area contributed by atoms with E-state index in [0.717, 1.165) is 18.5 Å². The number of hydrogen-bond acceptors (Lipinski definition) is 8. The molecule has 196 valence electrons. The number of anilines is 1. The molecule has 0 spiro atoms. The molecule has 3 rings (SSSR count). The van der Waals surface area contributed by atoms with E-state index < -0.39 is 26.7 Å². The molecule has 1 aliphatic heterocycles. The highest BCUT2D eigenvalue weighted by Gasteiger charge is 2.29. The molecule has 0 saturated carbocycles. The minimum absolute atomic E-state index is 0.00936. The molecule has 0 radical (unpaired) electrons. The lowest BCUT2D eigenvalue weighted by Gasteiger charge is -2.11. The standard InChI is InChI=1S/C28H31NO7S/c1-21(2)27(30)34-19-11-4-5-12-20-35-28(31)25(37(32,33)22-13-7-6-8-14-22)17-18-26-29(3)23-15-9-10-16-24(23)36-26/h6-10,13-18H,1,4-5,11-12,19-20H2,2-3H3/b25-17-,26-18-. The Labute approximate surface area is 217 Å². The zero-order valence-corrected chi connectivity index (χ0v) is 21.8. The fourth-order valence-corrected chi connectivity index (χ4v) is 4.78. The minimum atomic E-state index is -4.13. The molecule has 0 fully saturated rings. The van der Waals surface area contributed by atoms with E-state index in [4.69, 9.17) is 14.2 Å². The van der Waals surface area contributed by atoms with Gasteiger partial charge >= 0.3 is 11.9 Å². The van der Waals surface area contributed by atoms with Crippen LogP contribution in [0.3, 0.4) is 0 Å². The van der Waals surface area contributed by atoms with Gasteiger partial charge in [-0.1, -0.05) is 36.9 Å². The van der Waals surface area contributed by atoms with Crippen LogP contribution >= 0.6 is 0 Å². The third kappa shape index (κ3) is 7.33. The predicted octanol–water partition coefficient (Wildman–Crippen LogP) is 4.94. The van der Waals surface area contributed by atoms with Crippen molar-refractivity contribution in [1.29, 1.82) is 0 Å². The Bertz CT molecular complexity index is 1300. The first-order valence-electron chi connectivity index (χ1n) is 11.9. The molecule has 2 aromatic rings. The van der Waals surface area contributed by atoms with Crippen LogP contribution in [0.1, 0.15) is 32.6 Å². The summed E-state index contributed by atoms with van der Waals surface area (Å²) in [5, 5.41) is 0. The second-order valence-electron chi connectivity index (χ2n) is 8.45. The molecule has 0 atom stereocenters. The van der Waals surface area contributed by atoms with Gasteiger partial charge in [0.05, 0.1) is 23.8 Å². The lowest BCUT2D eigenvalue weighted by Crippen LogP contribution is -2.18. The number of ether oxygens (including phenoxy) is 3. The molecule has 37 heavy (non-hydrogen) atoms. The van der Waals surface area contributed by atoms with E-state index in [1.165, 1.54) is 24.3 Å². The number of allylic oxidation sites excluding steroid dienone is 2. The maximum atomic E-state index is 13.3. The summed E-state index contributed by atoms with van der Waals surface area (Å²) < 4.78 is 42.7. The summed E-state index contributed by atoms with van der Waals surface area (Å²) in [7, 11) is -2.35. The fraction of sp³-hybridized carbons (Fsp3) is 0.286. The van der Waals surface area contributed by atoms with Gasteiger partial charge in [-0.25, -0.2) is 18.0 Å². The Morgan fingerprint density at radius 2 is 1.51 bits per heavy atom. The number of unbranched alkanes of at least 4 members (excludes halogenated alkanes) is 3. The molecule has 0 bridgehead atoms. The van der Waals surface area contributed by atoms with E-state index in [0.29, 0.717) is 36.7 Å². The lowest BCUT2D eigenvalue weighted by molar-refractivity contribution is -0.139. The second kappa shape index (κ2) is 12.9. The number of carbonyl (C=O) groups is 2. The van der Waals surface area contributed by atoms with E-state index in [-0.39, 0.29) is 11.5 Å². The van der Waals surface area contributed by atoms with Gasteiger partial charge in [0.2, 0.25) is 9.84 Å². The zero-order valence-electron chi connectivity index (χ0n) is 21.0. The van der Waals surface area contributed by atoms with Crippen molar-refractivity contribution in [2.24, 2.45) is 0 Å². The monoisotopic (exact) mass is 525 g/mol. The molecular weight excluding hydrogens is 494 g/mol. The van der Waals surface area contributed by atoms with Gasteiger partial charge in [0.1, 0.15) is 0 Å². The van der Waals surface area contributed by atoms with Gasteiger partial charge in [-0.15, -0.1) is 0 Å². The highest BCUT2D eigenvalue weighted by Crippen LogP contribution is 2.37. The number of sulfone groups is 1. The van der Waals surface area contributed by atoms with E-state index in [1.54, 1.807) is 43.1 Å². The van der Waals surface area contributed by atoms with Gasteiger partial charge in [-0.2, -0.15) is 0 Å². The average molecular weight is 526 g/mol. The topological polar surface area (TPSA) is 99.2 Å². The number of carbonyl (C=O) groups excluding carboxylic acids is 2. The molecular formula is C28H31NO7S. The molecule has 8 nitrogen and oxygen atoms in total. The summed E-state index contributed by atoms with van der Waals surface area (Å²) in [6.07, 6.45) is 5.37. The van der Waals surface area contributed by atoms with Crippen molar-refractivity contribution >= 4 is 27.5 Å². The van der Waals surface area contributed by atoms with Gasteiger partial charge in [0.15, 0.2) is 16.5 Å². The zero-order chi connectivity index (χ0) is 26.8. The van der Waals surface area contributed by atoms with E-state index in [2.05, 4.69) is 6.58 Å². The second-order valence-corrected chi connectivity index (χ2v) is 10.4. The molecule has 0 amide bonds. The number of benzene rings is 2. The Hall–Kier alpha value is -3.85. The Kier molecular flexibility index (Phi) is 9.68. The van der Waals surface area contributed by atoms with Gasteiger partial charge in [-0.3, -0.25) is 0 Å². The Morgan fingerprint density at radius 1 is 0.919 bits per heavy atom. The van der Waals surface area contributed by atoms with Crippen molar-refractivity contribution in [3.05, 3.63) is 89.7 Å². The molecule has 1 heterocycles. The van der Waals surface area contributed by atoms with Crippen LogP contribution in [0.25, 0.3) is 0 Å². The van der Waals surface area contributed by atoms with E-state index >= 15 is 0 Å². The number of esters is 2. The van der Waals surface area contributed by atoms with Crippen molar-refractivity contribution in [3.63, 3.8) is 0 Å². The predicted molar refractivity (Wildman–Crippen MR) is 140 cm³/mol. The summed E-state index contributed by atoms with van der Waals surface area (Å²) in [6, 6.07) is 15.1. The van der Waals surface area contributed by atoms with Crippen LogP contribution in [-0.2, 0) is 28.9 Å². The van der Waals surface area contributed by atoms with Gasteiger partial charge in [0.25, 0.3) is 0 Å². The van der Waals surface area contributed by atoms with Gasteiger partial charge in [0, 0.05) is 18.7 Å². The number of rotatable bonds is 12. The normalized spacial score (nSPS) is 14.2. The third-order valence-corrected chi connectivity index (χ3v) is 7.32. The highest BCUT2D eigenvalue weighted by atomic mass is 32.2. The Morgan fingerprint density at radius 3 is 2.14 bits per heavy atom. The molecule has 1 aliphatic rings. The molecule has 0 aromatic heterocycles. The van der Waals surface area contributed by atoms with Crippen LogP contribution in [0.4, 0.5) is 5.69 Å². The SMILES string of the molecule is C=C(C)C(=O)OCCCCCCOC(=O)/C(=C/C=C1\Oc2ccccc2N1C)S(=O)(=O)c1ccccc1. The number of para-hydroxylation sites is 2. The summed E-state index contributed by atoms with van der Waals surface area (Å²) in [4.78, 5) is 25.6. The molecule has 0 unspecified atom stereocenters. The molecule has 0 aliphatic carbocycles. The quantitative estimate of drug-likeness (QED) is 0.218. The van der Waals surface area contributed by atoms with Crippen molar-refractivity contribution in [1.82, 2.24) is 0 Å². The van der Waals surface area contributed by atoms with Crippen LogP contribution in [0.2, 0.25) is 0 Å². The fourth-order valence-electron chi connectivity index (χ4n) is 3.49. The van der Waals surface area contributed by atoms with Crippen molar-refractivity contribution in [2.45, 2.75) is 37.5 Å². The van der Waals surface area contributed by atoms with E-state index in [1.807, 2.05) is 18.2 Å². The minimum Gasteiger partial charge on any atom is -0.462 e. The van der Waals surface area contributed by atoms with Gasteiger partial charge < -0.3 is 19.1 Å². The van der Waals surface area contributed by atoms with E-state index in [9.17, 15) is 18.0 Å². The summed E-state index contributed by atoms with van der Waals surface area (Å²) >= 11 is 0. The van der Waals surface area contributed by atoms with Crippen molar-refractivity contribution in [2.75, 3.05) is 25.2 Å². The number of hydrogen-bond donors (Lipinski definition) is 0. The molecule has 9 heteroatoms. The van der Waals surface area contributed by atoms with Crippen LogP contribution in [-0.4, -0.2) is 40.6 Å². The lowest BCUT2D eigenvalue weighted by atomic mass is 10.2. The first kappa shape index (κ1) is 27.7.